The first-order chi connectivity index (χ1) is 6.49. The van der Waals surface area contributed by atoms with E-state index >= 15 is 0 Å². The number of rotatable bonds is 2. The van der Waals surface area contributed by atoms with Gasteiger partial charge in [0.05, 0.1) is 0 Å². The van der Waals surface area contributed by atoms with E-state index in [1.165, 1.54) is 5.56 Å². The SMILES string of the molecule is CC(C)(C)c1ccc(CCl)c(CCl)c1. The van der Waals surface area contributed by atoms with Crippen molar-refractivity contribution in [3.63, 3.8) is 0 Å². The van der Waals surface area contributed by atoms with Gasteiger partial charge in [0, 0.05) is 11.8 Å². The van der Waals surface area contributed by atoms with Crippen molar-refractivity contribution in [1.82, 2.24) is 0 Å². The number of hydrogen-bond acceptors (Lipinski definition) is 0. The van der Waals surface area contributed by atoms with Crippen molar-refractivity contribution in [2.24, 2.45) is 0 Å². The third-order valence-electron chi connectivity index (χ3n) is 2.36. The molecule has 0 saturated heterocycles. The van der Waals surface area contributed by atoms with E-state index in [0.29, 0.717) is 11.8 Å². The highest BCUT2D eigenvalue weighted by Crippen LogP contribution is 2.26. The Morgan fingerprint density at radius 1 is 1.00 bits per heavy atom. The molecule has 0 nitrogen and oxygen atoms in total. The summed E-state index contributed by atoms with van der Waals surface area (Å²) in [7, 11) is 0. The van der Waals surface area contributed by atoms with E-state index in [1.807, 2.05) is 0 Å². The minimum absolute atomic E-state index is 0.172. The molecule has 0 unspecified atom stereocenters. The van der Waals surface area contributed by atoms with Crippen LogP contribution in [0.5, 0.6) is 0 Å². The smallest absolute Gasteiger partial charge is 0.0477 e. The van der Waals surface area contributed by atoms with E-state index in [1.54, 1.807) is 0 Å². The molecule has 0 aliphatic heterocycles. The summed E-state index contributed by atoms with van der Waals surface area (Å²) in [5.41, 5.74) is 3.76. The fraction of sp³-hybridized carbons (Fsp3) is 0.500. The molecule has 78 valence electrons. The van der Waals surface area contributed by atoms with Crippen LogP contribution in [0.3, 0.4) is 0 Å². The summed E-state index contributed by atoms with van der Waals surface area (Å²) < 4.78 is 0. The van der Waals surface area contributed by atoms with Crippen molar-refractivity contribution >= 4 is 23.2 Å². The second-order valence-electron chi connectivity index (χ2n) is 4.50. The van der Waals surface area contributed by atoms with Crippen molar-refractivity contribution < 1.29 is 0 Å². The van der Waals surface area contributed by atoms with Crippen LogP contribution < -0.4 is 0 Å². The molecule has 0 radical (unpaired) electrons. The van der Waals surface area contributed by atoms with Gasteiger partial charge >= 0.3 is 0 Å². The number of hydrogen-bond donors (Lipinski definition) is 0. The molecular weight excluding hydrogens is 215 g/mol. The first kappa shape index (κ1) is 11.9. The highest BCUT2D eigenvalue weighted by atomic mass is 35.5. The Balaban J connectivity index is 3.14. The van der Waals surface area contributed by atoms with Crippen LogP contribution in [0.4, 0.5) is 0 Å². The minimum Gasteiger partial charge on any atom is -0.122 e. The van der Waals surface area contributed by atoms with E-state index < -0.39 is 0 Å². The van der Waals surface area contributed by atoms with E-state index in [2.05, 4.69) is 39.0 Å². The summed E-state index contributed by atoms with van der Waals surface area (Å²) in [6, 6.07) is 6.36. The van der Waals surface area contributed by atoms with Gasteiger partial charge in [0.25, 0.3) is 0 Å². The maximum Gasteiger partial charge on any atom is 0.0477 e. The van der Waals surface area contributed by atoms with Crippen LogP contribution in [0, 0.1) is 0 Å². The molecule has 0 N–H and O–H groups in total. The molecule has 0 heterocycles. The van der Waals surface area contributed by atoms with Crippen molar-refractivity contribution in [3.05, 3.63) is 34.9 Å². The number of halogens is 2. The highest BCUT2D eigenvalue weighted by molar-refractivity contribution is 6.18. The predicted molar refractivity (Wildman–Crippen MR) is 64.3 cm³/mol. The molecule has 0 spiro atoms. The van der Waals surface area contributed by atoms with Gasteiger partial charge in [-0.1, -0.05) is 39.0 Å². The lowest BCUT2D eigenvalue weighted by Gasteiger charge is -2.20. The van der Waals surface area contributed by atoms with Crippen LogP contribution in [-0.2, 0) is 17.2 Å². The Labute approximate surface area is 96.2 Å². The molecule has 0 aliphatic rings. The third kappa shape index (κ3) is 2.65. The maximum absolute atomic E-state index is 5.87. The van der Waals surface area contributed by atoms with Gasteiger partial charge in [0.1, 0.15) is 0 Å². The molecule has 0 aliphatic carbocycles. The second-order valence-corrected chi connectivity index (χ2v) is 5.04. The molecule has 0 aromatic heterocycles. The van der Waals surface area contributed by atoms with Crippen LogP contribution in [0.1, 0.15) is 37.5 Å². The fourth-order valence-electron chi connectivity index (χ4n) is 1.35. The lowest BCUT2D eigenvalue weighted by atomic mass is 9.85. The van der Waals surface area contributed by atoms with Gasteiger partial charge in [-0.25, -0.2) is 0 Å². The molecule has 0 fully saturated rings. The van der Waals surface area contributed by atoms with Crippen LogP contribution >= 0.6 is 23.2 Å². The van der Waals surface area contributed by atoms with Crippen LogP contribution in [0.15, 0.2) is 18.2 Å². The van der Waals surface area contributed by atoms with E-state index in [-0.39, 0.29) is 5.41 Å². The lowest BCUT2D eigenvalue weighted by Crippen LogP contribution is -2.11. The molecule has 0 amide bonds. The summed E-state index contributed by atoms with van der Waals surface area (Å²) in [5.74, 6) is 1.07. The Hall–Kier alpha value is -0.200. The summed E-state index contributed by atoms with van der Waals surface area (Å²) >= 11 is 11.7. The number of benzene rings is 1. The molecular formula is C12H16Cl2. The topological polar surface area (TPSA) is 0 Å². The van der Waals surface area contributed by atoms with E-state index in [9.17, 15) is 0 Å². The Morgan fingerprint density at radius 3 is 2.00 bits per heavy atom. The third-order valence-corrected chi connectivity index (χ3v) is 2.94. The Kier molecular flexibility index (Phi) is 3.86. The largest absolute Gasteiger partial charge is 0.122 e. The summed E-state index contributed by atoms with van der Waals surface area (Å²) in [4.78, 5) is 0. The van der Waals surface area contributed by atoms with Gasteiger partial charge in [-0.3, -0.25) is 0 Å². The lowest BCUT2D eigenvalue weighted by molar-refractivity contribution is 0.589. The van der Waals surface area contributed by atoms with Gasteiger partial charge < -0.3 is 0 Å². The molecule has 1 aromatic carbocycles. The second kappa shape index (κ2) is 4.55. The van der Waals surface area contributed by atoms with E-state index in [4.69, 9.17) is 23.2 Å². The maximum atomic E-state index is 5.87. The summed E-state index contributed by atoms with van der Waals surface area (Å²) in [5, 5.41) is 0. The zero-order valence-electron chi connectivity index (χ0n) is 8.90. The summed E-state index contributed by atoms with van der Waals surface area (Å²) in [6.45, 7) is 6.59. The molecule has 1 aromatic rings. The first-order valence-corrected chi connectivity index (χ1v) is 5.80. The molecule has 14 heavy (non-hydrogen) atoms. The molecule has 0 saturated carbocycles. The highest BCUT2D eigenvalue weighted by Gasteiger charge is 2.14. The Morgan fingerprint density at radius 2 is 1.57 bits per heavy atom. The normalized spacial score (nSPS) is 11.8. The summed E-state index contributed by atoms with van der Waals surface area (Å²) in [6.07, 6.45) is 0. The van der Waals surface area contributed by atoms with Crippen molar-refractivity contribution in [3.8, 4) is 0 Å². The quantitative estimate of drug-likeness (QED) is 0.659. The molecule has 2 heteroatoms. The van der Waals surface area contributed by atoms with Gasteiger partial charge in [-0.2, -0.15) is 0 Å². The van der Waals surface area contributed by atoms with Crippen LogP contribution in [0.25, 0.3) is 0 Å². The zero-order valence-corrected chi connectivity index (χ0v) is 10.4. The molecule has 0 bridgehead atoms. The van der Waals surface area contributed by atoms with Gasteiger partial charge in [-0.15, -0.1) is 23.2 Å². The van der Waals surface area contributed by atoms with Crippen molar-refractivity contribution in [2.45, 2.75) is 37.9 Å². The molecule has 0 atom stereocenters. The first-order valence-electron chi connectivity index (χ1n) is 4.73. The molecule has 1 rings (SSSR count). The van der Waals surface area contributed by atoms with Gasteiger partial charge in [-0.05, 0) is 22.1 Å². The van der Waals surface area contributed by atoms with Crippen molar-refractivity contribution in [2.75, 3.05) is 0 Å². The average molecular weight is 231 g/mol. The van der Waals surface area contributed by atoms with Gasteiger partial charge in [0.2, 0.25) is 0 Å². The minimum atomic E-state index is 0.172. The monoisotopic (exact) mass is 230 g/mol. The van der Waals surface area contributed by atoms with E-state index in [0.717, 1.165) is 11.1 Å². The Bertz CT molecular complexity index is 311. The van der Waals surface area contributed by atoms with Crippen LogP contribution in [-0.4, -0.2) is 0 Å². The van der Waals surface area contributed by atoms with Gasteiger partial charge in [0.15, 0.2) is 0 Å². The van der Waals surface area contributed by atoms with Crippen LogP contribution in [0.2, 0.25) is 0 Å². The average Bonchev–Trinajstić information content (AvgIpc) is 2.15. The zero-order chi connectivity index (χ0) is 10.8. The number of alkyl halides is 2. The van der Waals surface area contributed by atoms with Crippen molar-refractivity contribution in [1.29, 1.82) is 0 Å². The fourth-order valence-corrected chi connectivity index (χ4v) is 1.86. The standard InChI is InChI=1S/C12H16Cl2/c1-12(2,3)11-5-4-9(7-13)10(6-11)8-14/h4-6H,7-8H2,1-3H3. The predicted octanol–water partition coefficient (Wildman–Crippen LogP) is 4.46.